The Morgan fingerprint density at radius 3 is 2.62 bits per heavy atom. The van der Waals surface area contributed by atoms with Gasteiger partial charge < -0.3 is 10.1 Å². The van der Waals surface area contributed by atoms with E-state index in [1.165, 1.54) is 0 Å². The second kappa shape index (κ2) is 5.44. The van der Waals surface area contributed by atoms with E-state index in [4.69, 9.17) is 4.74 Å². The highest BCUT2D eigenvalue weighted by Gasteiger charge is 2.35. The maximum absolute atomic E-state index is 12.2. The van der Waals surface area contributed by atoms with Crippen LogP contribution in [0.1, 0.15) is 11.9 Å². The van der Waals surface area contributed by atoms with Crippen molar-refractivity contribution in [3.05, 3.63) is 5.01 Å². The molecule has 0 aromatic carbocycles. The largest absolute Gasteiger partial charge is 0.445 e. The number of aromatic nitrogens is 2. The van der Waals surface area contributed by atoms with Gasteiger partial charge in [-0.15, -0.1) is 10.2 Å². The molecule has 1 aromatic rings. The van der Waals surface area contributed by atoms with Crippen LogP contribution < -0.4 is 5.32 Å². The van der Waals surface area contributed by atoms with Crippen molar-refractivity contribution < 1.29 is 17.9 Å². The molecule has 0 amide bonds. The lowest BCUT2D eigenvalue weighted by molar-refractivity contribution is -0.138. The van der Waals surface area contributed by atoms with E-state index in [0.717, 1.165) is 0 Å². The minimum atomic E-state index is -4.42. The molecule has 0 aliphatic carbocycles. The highest BCUT2D eigenvalue weighted by molar-refractivity contribution is 7.15. The van der Waals surface area contributed by atoms with Gasteiger partial charge in [-0.1, -0.05) is 18.3 Å². The van der Waals surface area contributed by atoms with E-state index in [1.807, 2.05) is 6.92 Å². The number of methoxy groups -OCH3 is 1. The van der Waals surface area contributed by atoms with Crippen LogP contribution in [-0.4, -0.2) is 30.5 Å². The number of alkyl halides is 3. The molecule has 1 heterocycles. The Bertz CT molecular complexity index is 329. The van der Waals surface area contributed by atoms with E-state index in [1.54, 1.807) is 7.11 Å². The van der Waals surface area contributed by atoms with Gasteiger partial charge in [0.1, 0.15) is 0 Å². The van der Waals surface area contributed by atoms with Gasteiger partial charge in [0.25, 0.3) is 0 Å². The van der Waals surface area contributed by atoms with Crippen LogP contribution in [0.15, 0.2) is 0 Å². The van der Waals surface area contributed by atoms with Gasteiger partial charge in [-0.3, -0.25) is 0 Å². The first-order chi connectivity index (χ1) is 7.43. The maximum atomic E-state index is 12.2. The van der Waals surface area contributed by atoms with Crippen LogP contribution in [0, 0.1) is 5.92 Å². The van der Waals surface area contributed by atoms with Crippen LogP contribution >= 0.6 is 11.3 Å². The molecular weight excluding hydrogens is 243 g/mol. The molecule has 1 atom stereocenters. The lowest BCUT2D eigenvalue weighted by Gasteiger charge is -2.09. The molecule has 1 aromatic heterocycles. The Morgan fingerprint density at radius 1 is 1.44 bits per heavy atom. The molecule has 0 aliphatic heterocycles. The first-order valence-corrected chi connectivity index (χ1v) is 5.38. The van der Waals surface area contributed by atoms with Crippen LogP contribution in [-0.2, 0) is 10.9 Å². The number of nitrogens with zero attached hydrogens (tertiary/aromatic N) is 2. The molecule has 1 unspecified atom stereocenters. The average molecular weight is 255 g/mol. The number of halogens is 3. The van der Waals surface area contributed by atoms with E-state index in [0.29, 0.717) is 24.5 Å². The Balaban J connectivity index is 2.47. The number of rotatable bonds is 5. The second-order valence-corrected chi connectivity index (χ2v) is 4.33. The van der Waals surface area contributed by atoms with E-state index >= 15 is 0 Å². The average Bonchev–Trinajstić information content (AvgIpc) is 2.63. The van der Waals surface area contributed by atoms with Gasteiger partial charge in [-0.25, -0.2) is 0 Å². The van der Waals surface area contributed by atoms with Gasteiger partial charge in [0.15, 0.2) is 0 Å². The van der Waals surface area contributed by atoms with Crippen molar-refractivity contribution in [1.29, 1.82) is 0 Å². The van der Waals surface area contributed by atoms with Crippen LogP contribution in [0.25, 0.3) is 0 Å². The molecule has 16 heavy (non-hydrogen) atoms. The second-order valence-electron chi connectivity index (χ2n) is 3.35. The fourth-order valence-corrected chi connectivity index (χ4v) is 1.63. The fourth-order valence-electron chi connectivity index (χ4n) is 1.01. The summed E-state index contributed by atoms with van der Waals surface area (Å²) in [5.41, 5.74) is 0. The number of hydrogen-bond donors (Lipinski definition) is 1. The summed E-state index contributed by atoms with van der Waals surface area (Å²) in [7, 11) is 1.57. The summed E-state index contributed by atoms with van der Waals surface area (Å²) >= 11 is 0.501. The van der Waals surface area contributed by atoms with Crippen LogP contribution in [0.4, 0.5) is 18.3 Å². The first kappa shape index (κ1) is 13.2. The molecular formula is C8H12F3N3OS. The van der Waals surface area contributed by atoms with E-state index in [2.05, 4.69) is 15.5 Å². The van der Waals surface area contributed by atoms with E-state index in [-0.39, 0.29) is 11.0 Å². The predicted molar refractivity (Wildman–Crippen MR) is 54.4 cm³/mol. The summed E-state index contributed by atoms with van der Waals surface area (Å²) in [6, 6.07) is 0. The molecule has 1 rings (SSSR count). The molecule has 0 radical (unpaired) electrons. The van der Waals surface area contributed by atoms with Gasteiger partial charge in [-0.2, -0.15) is 13.2 Å². The zero-order valence-corrected chi connectivity index (χ0v) is 9.65. The predicted octanol–water partition coefficient (Wildman–Crippen LogP) is 2.25. The third-order valence-electron chi connectivity index (χ3n) is 1.72. The van der Waals surface area contributed by atoms with Gasteiger partial charge in [0.05, 0.1) is 6.61 Å². The van der Waals surface area contributed by atoms with Gasteiger partial charge in [0, 0.05) is 13.7 Å². The molecule has 1 N–H and O–H groups in total. The summed E-state index contributed by atoms with van der Waals surface area (Å²) in [6.45, 7) is 2.96. The Morgan fingerprint density at radius 2 is 2.12 bits per heavy atom. The molecule has 0 fully saturated rings. The van der Waals surface area contributed by atoms with E-state index in [9.17, 15) is 13.2 Å². The van der Waals surface area contributed by atoms with Gasteiger partial charge >= 0.3 is 6.18 Å². The number of anilines is 1. The SMILES string of the molecule is COCC(C)CNc1nnc(C(F)(F)F)s1. The monoisotopic (exact) mass is 255 g/mol. The van der Waals surface area contributed by atoms with E-state index < -0.39 is 11.2 Å². The number of nitrogens with one attached hydrogen (secondary N) is 1. The molecule has 8 heteroatoms. The van der Waals surface area contributed by atoms with Crippen molar-refractivity contribution in [2.75, 3.05) is 25.6 Å². The summed E-state index contributed by atoms with van der Waals surface area (Å²) in [5, 5.41) is 8.50. The zero-order valence-electron chi connectivity index (χ0n) is 8.84. The summed E-state index contributed by atoms with van der Waals surface area (Å²) in [6.07, 6.45) is -4.42. The standard InChI is InChI=1S/C8H12F3N3OS/c1-5(4-15-2)3-12-7-14-13-6(16-7)8(9,10)11/h5H,3-4H2,1-2H3,(H,12,14). The third-order valence-corrected chi connectivity index (χ3v) is 2.65. The Hall–Kier alpha value is -0.890. The fraction of sp³-hybridized carbons (Fsp3) is 0.750. The van der Waals surface area contributed by atoms with Crippen molar-refractivity contribution in [3.63, 3.8) is 0 Å². The summed E-state index contributed by atoms with van der Waals surface area (Å²) < 4.78 is 41.4. The topological polar surface area (TPSA) is 47.0 Å². The highest BCUT2D eigenvalue weighted by atomic mass is 32.1. The van der Waals surface area contributed by atoms with Crippen molar-refractivity contribution in [3.8, 4) is 0 Å². The molecule has 92 valence electrons. The summed E-state index contributed by atoms with van der Waals surface area (Å²) in [5.74, 6) is 0.197. The van der Waals surface area contributed by atoms with Crippen molar-refractivity contribution in [2.45, 2.75) is 13.1 Å². The van der Waals surface area contributed by atoms with Crippen molar-refractivity contribution in [2.24, 2.45) is 5.92 Å². The Labute approximate surface area is 94.8 Å². The Kier molecular flexibility index (Phi) is 4.48. The zero-order chi connectivity index (χ0) is 12.2. The molecule has 0 bridgehead atoms. The van der Waals surface area contributed by atoms with Crippen LogP contribution in [0.3, 0.4) is 0 Å². The minimum absolute atomic E-state index is 0.176. The van der Waals surface area contributed by atoms with Crippen molar-refractivity contribution in [1.82, 2.24) is 10.2 Å². The van der Waals surface area contributed by atoms with Gasteiger partial charge in [-0.05, 0) is 5.92 Å². The first-order valence-electron chi connectivity index (χ1n) is 4.57. The lowest BCUT2D eigenvalue weighted by Crippen LogP contribution is -2.15. The minimum Gasteiger partial charge on any atom is -0.384 e. The molecule has 0 saturated carbocycles. The highest BCUT2D eigenvalue weighted by Crippen LogP contribution is 2.32. The maximum Gasteiger partial charge on any atom is 0.445 e. The van der Waals surface area contributed by atoms with Crippen molar-refractivity contribution >= 4 is 16.5 Å². The third kappa shape index (κ3) is 3.93. The molecule has 0 saturated heterocycles. The lowest BCUT2D eigenvalue weighted by atomic mass is 10.2. The van der Waals surface area contributed by atoms with Crippen LogP contribution in [0.5, 0.6) is 0 Å². The normalized spacial score (nSPS) is 13.8. The number of ether oxygens (including phenoxy) is 1. The smallest absolute Gasteiger partial charge is 0.384 e. The van der Waals surface area contributed by atoms with Crippen LogP contribution in [0.2, 0.25) is 0 Å². The summed E-state index contributed by atoms with van der Waals surface area (Å²) in [4.78, 5) is 0. The molecule has 4 nitrogen and oxygen atoms in total. The quantitative estimate of drug-likeness (QED) is 0.876. The number of hydrogen-bond acceptors (Lipinski definition) is 5. The molecule has 0 aliphatic rings. The van der Waals surface area contributed by atoms with Gasteiger partial charge in [0.2, 0.25) is 10.1 Å². The molecule has 0 spiro atoms.